The van der Waals surface area contributed by atoms with E-state index in [0.717, 1.165) is 69.1 Å². The number of carboxylic acid groups (broad SMARTS) is 1. The van der Waals surface area contributed by atoms with Crippen LogP contribution in [-0.4, -0.2) is 38.6 Å². The van der Waals surface area contributed by atoms with Crippen molar-refractivity contribution in [1.29, 1.82) is 0 Å². The van der Waals surface area contributed by atoms with E-state index in [2.05, 4.69) is 21.8 Å². The topological polar surface area (TPSA) is 92.6 Å². The first kappa shape index (κ1) is 27.1. The molecule has 2 aromatic heterocycles. The molecule has 2 aliphatic carbocycles. The van der Waals surface area contributed by atoms with Gasteiger partial charge >= 0.3 is 12.0 Å². The predicted octanol–water partition coefficient (Wildman–Crippen LogP) is 6.33. The van der Waals surface area contributed by atoms with Crippen LogP contribution in [0.4, 0.5) is 5.69 Å². The van der Waals surface area contributed by atoms with Crippen LogP contribution in [0.15, 0.2) is 24.5 Å². The summed E-state index contributed by atoms with van der Waals surface area (Å²) in [5, 5.41) is 10.1. The zero-order chi connectivity index (χ0) is 26.6. The van der Waals surface area contributed by atoms with Crippen LogP contribution in [0.5, 0.6) is 6.01 Å². The first-order valence-electron chi connectivity index (χ1n) is 13.2. The summed E-state index contributed by atoms with van der Waals surface area (Å²) in [6.45, 7) is 7.64. The highest BCUT2D eigenvalue weighted by atomic mass is 32.1. The standard InChI is InChI=1S/C29H37N3O4S/c1-20(33)32(24-19-23(13-16-28(2,3)4)37-25(24)26(34)35)29(14-6-5-7-15-29)21-9-11-22(12-10-21)36-27-30-17-8-18-31-27/h8,17-19,21-22H,5-7,9-12,14-15H2,1-4H3,(H,34,35). The van der Waals surface area contributed by atoms with Crippen molar-refractivity contribution < 1.29 is 19.4 Å². The molecule has 1 amide bonds. The van der Waals surface area contributed by atoms with E-state index in [-0.39, 0.29) is 28.2 Å². The van der Waals surface area contributed by atoms with Gasteiger partial charge in [-0.05, 0) is 77.3 Å². The number of amides is 1. The van der Waals surface area contributed by atoms with Crippen LogP contribution in [0.1, 0.15) is 100 Å². The van der Waals surface area contributed by atoms with Gasteiger partial charge in [-0.1, -0.05) is 31.1 Å². The zero-order valence-electron chi connectivity index (χ0n) is 22.2. The minimum absolute atomic E-state index is 0.0417. The van der Waals surface area contributed by atoms with Gasteiger partial charge in [-0.3, -0.25) is 4.79 Å². The van der Waals surface area contributed by atoms with Gasteiger partial charge < -0.3 is 14.7 Å². The van der Waals surface area contributed by atoms with Gasteiger partial charge in [0, 0.05) is 24.7 Å². The average molecular weight is 524 g/mol. The number of carboxylic acids is 1. The Bertz CT molecular complexity index is 1160. The second kappa shape index (κ2) is 11.2. The summed E-state index contributed by atoms with van der Waals surface area (Å²) in [6, 6.07) is 3.99. The molecule has 8 heteroatoms. The summed E-state index contributed by atoms with van der Waals surface area (Å²) in [7, 11) is 0. The summed E-state index contributed by atoms with van der Waals surface area (Å²) in [4.78, 5) is 36.8. The lowest BCUT2D eigenvalue weighted by Crippen LogP contribution is -2.58. The third-order valence-corrected chi connectivity index (χ3v) is 8.46. The number of hydrogen-bond acceptors (Lipinski definition) is 6. The fourth-order valence-corrected chi connectivity index (χ4v) is 6.76. The molecule has 7 nitrogen and oxygen atoms in total. The molecule has 2 aromatic rings. The minimum atomic E-state index is -1.01. The van der Waals surface area contributed by atoms with Crippen LogP contribution in [0, 0.1) is 23.2 Å². The van der Waals surface area contributed by atoms with Gasteiger partial charge in [-0.2, -0.15) is 0 Å². The number of nitrogens with zero attached hydrogens (tertiary/aromatic N) is 3. The van der Waals surface area contributed by atoms with E-state index in [1.165, 1.54) is 0 Å². The van der Waals surface area contributed by atoms with E-state index in [1.54, 1.807) is 25.4 Å². The number of carbonyl (C=O) groups is 2. The van der Waals surface area contributed by atoms with Crippen LogP contribution in [-0.2, 0) is 4.79 Å². The Morgan fingerprint density at radius 1 is 1.11 bits per heavy atom. The largest absolute Gasteiger partial charge is 0.477 e. The van der Waals surface area contributed by atoms with Gasteiger partial charge in [0.1, 0.15) is 11.0 Å². The van der Waals surface area contributed by atoms with E-state index in [9.17, 15) is 14.7 Å². The smallest absolute Gasteiger partial charge is 0.348 e. The highest BCUT2D eigenvalue weighted by Crippen LogP contribution is 2.49. The van der Waals surface area contributed by atoms with Crippen molar-refractivity contribution >= 4 is 28.9 Å². The third-order valence-electron chi connectivity index (χ3n) is 7.44. The highest BCUT2D eigenvalue weighted by Gasteiger charge is 2.48. The molecule has 0 saturated heterocycles. The molecule has 2 heterocycles. The van der Waals surface area contributed by atoms with Crippen LogP contribution in [0.25, 0.3) is 0 Å². The SMILES string of the molecule is CC(=O)N(c1cc(C#CC(C)(C)C)sc1C(=O)O)C1(C2CCC(Oc3ncccn3)CC2)CCCCC1. The normalized spacial score (nSPS) is 21.4. The minimum Gasteiger partial charge on any atom is -0.477 e. The summed E-state index contributed by atoms with van der Waals surface area (Å²) in [6.07, 6.45) is 11.9. The molecule has 198 valence electrons. The monoisotopic (exact) mass is 523 g/mol. The highest BCUT2D eigenvalue weighted by molar-refractivity contribution is 7.15. The Kier molecular flexibility index (Phi) is 8.23. The van der Waals surface area contributed by atoms with Crippen molar-refractivity contribution in [2.45, 2.75) is 97.1 Å². The Hall–Kier alpha value is -2.92. The molecule has 2 saturated carbocycles. The number of aromatic nitrogens is 2. The van der Waals surface area contributed by atoms with Crippen molar-refractivity contribution in [3.63, 3.8) is 0 Å². The summed E-state index contributed by atoms with van der Waals surface area (Å²) < 4.78 is 6.03. The van der Waals surface area contributed by atoms with Crippen LogP contribution >= 0.6 is 11.3 Å². The lowest BCUT2D eigenvalue weighted by molar-refractivity contribution is -0.118. The van der Waals surface area contributed by atoms with Gasteiger partial charge in [0.05, 0.1) is 16.1 Å². The second-order valence-corrected chi connectivity index (χ2v) is 12.3. The molecule has 2 aliphatic rings. The Morgan fingerprint density at radius 2 is 1.76 bits per heavy atom. The van der Waals surface area contributed by atoms with Crippen molar-refractivity contribution in [2.75, 3.05) is 4.90 Å². The lowest BCUT2D eigenvalue weighted by atomic mass is 9.66. The molecule has 0 aromatic carbocycles. The number of aromatic carboxylic acids is 1. The van der Waals surface area contributed by atoms with Crippen LogP contribution < -0.4 is 9.64 Å². The Balaban J connectivity index is 1.66. The first-order chi connectivity index (χ1) is 17.6. The summed E-state index contributed by atoms with van der Waals surface area (Å²) >= 11 is 1.16. The van der Waals surface area contributed by atoms with Gasteiger partial charge in [-0.15, -0.1) is 11.3 Å². The average Bonchev–Trinajstić information content (AvgIpc) is 3.28. The third kappa shape index (κ3) is 6.32. The molecule has 4 rings (SSSR count). The number of thiophene rings is 1. The molecule has 1 N–H and O–H groups in total. The second-order valence-electron chi connectivity index (χ2n) is 11.3. The number of carbonyl (C=O) groups excluding carboxylic acids is 1. The molecular weight excluding hydrogens is 486 g/mol. The molecule has 0 spiro atoms. The van der Waals surface area contributed by atoms with Gasteiger partial charge in [0.15, 0.2) is 0 Å². The Labute approximate surface area is 223 Å². The van der Waals surface area contributed by atoms with E-state index in [1.807, 2.05) is 31.7 Å². The van der Waals surface area contributed by atoms with Gasteiger partial charge in [0.2, 0.25) is 5.91 Å². The van der Waals surface area contributed by atoms with E-state index >= 15 is 0 Å². The summed E-state index contributed by atoms with van der Waals surface area (Å²) in [5.41, 5.74) is -0.108. The molecular formula is C29H37N3O4S. The zero-order valence-corrected chi connectivity index (χ0v) is 23.1. The number of ether oxygens (including phenoxy) is 1. The van der Waals surface area contributed by atoms with E-state index in [0.29, 0.717) is 16.6 Å². The van der Waals surface area contributed by atoms with Crippen molar-refractivity contribution in [1.82, 2.24) is 9.97 Å². The fourth-order valence-electron chi connectivity index (χ4n) is 5.93. The summed E-state index contributed by atoms with van der Waals surface area (Å²) in [5.74, 6) is 5.51. The molecule has 2 fully saturated rings. The quantitative estimate of drug-likeness (QED) is 0.445. The Morgan fingerprint density at radius 3 is 2.32 bits per heavy atom. The lowest BCUT2D eigenvalue weighted by Gasteiger charge is -2.52. The molecule has 0 aliphatic heterocycles. The van der Waals surface area contributed by atoms with E-state index < -0.39 is 11.5 Å². The number of anilines is 1. The van der Waals surface area contributed by atoms with Crippen LogP contribution in [0.3, 0.4) is 0 Å². The van der Waals surface area contributed by atoms with Gasteiger partial charge in [-0.25, -0.2) is 14.8 Å². The predicted molar refractivity (Wildman–Crippen MR) is 145 cm³/mol. The van der Waals surface area contributed by atoms with Crippen molar-refractivity contribution in [3.05, 3.63) is 34.3 Å². The molecule has 0 bridgehead atoms. The maximum Gasteiger partial charge on any atom is 0.348 e. The molecule has 37 heavy (non-hydrogen) atoms. The first-order valence-corrected chi connectivity index (χ1v) is 14.1. The van der Waals surface area contributed by atoms with Crippen molar-refractivity contribution in [2.24, 2.45) is 11.3 Å². The van der Waals surface area contributed by atoms with Crippen molar-refractivity contribution in [3.8, 4) is 17.9 Å². The van der Waals surface area contributed by atoms with Gasteiger partial charge in [0.25, 0.3) is 0 Å². The molecule has 0 radical (unpaired) electrons. The fraction of sp³-hybridized carbons (Fsp3) is 0.586. The number of hydrogen-bond donors (Lipinski definition) is 1. The van der Waals surface area contributed by atoms with E-state index in [4.69, 9.17) is 4.74 Å². The van der Waals surface area contributed by atoms with Crippen LogP contribution in [0.2, 0.25) is 0 Å². The molecule has 0 unspecified atom stereocenters. The number of rotatable bonds is 6. The molecule has 0 atom stereocenters. The maximum atomic E-state index is 13.4. The maximum absolute atomic E-state index is 13.4.